The van der Waals surface area contributed by atoms with E-state index in [2.05, 4.69) is 9.88 Å². The zero-order chi connectivity index (χ0) is 19.0. The van der Waals surface area contributed by atoms with E-state index in [1.807, 2.05) is 37.2 Å². The number of nitrogens with zero attached hydrogens (tertiary/aromatic N) is 5. The van der Waals surface area contributed by atoms with Gasteiger partial charge in [-0.25, -0.2) is 4.98 Å². The summed E-state index contributed by atoms with van der Waals surface area (Å²) in [6.07, 6.45) is 1.51. The number of hydrogen-bond donors (Lipinski definition) is 1. The molecule has 1 aliphatic rings. The monoisotopic (exact) mass is 366 g/mol. The second-order valence-corrected chi connectivity index (χ2v) is 6.76. The number of piperazine rings is 1. The molecule has 2 aromatic heterocycles. The van der Waals surface area contributed by atoms with E-state index in [9.17, 15) is 4.79 Å². The molecule has 0 unspecified atom stereocenters. The summed E-state index contributed by atoms with van der Waals surface area (Å²) in [4.78, 5) is 27.4. The molecule has 1 amide bonds. The van der Waals surface area contributed by atoms with E-state index in [0.717, 1.165) is 16.6 Å². The minimum absolute atomic E-state index is 0.0887. The Morgan fingerprint density at radius 1 is 1.15 bits per heavy atom. The Morgan fingerprint density at radius 3 is 2.59 bits per heavy atom. The highest BCUT2D eigenvalue weighted by atomic mass is 16.3. The fraction of sp³-hybridized carbons (Fsp3) is 0.316. The number of nitrogens with two attached hydrogens (primary N) is 1. The number of carbonyl (C=O) groups excluding carboxylic acids is 1. The van der Waals surface area contributed by atoms with Crippen LogP contribution in [0.2, 0.25) is 0 Å². The predicted octanol–water partition coefficient (Wildman–Crippen LogP) is 1.83. The summed E-state index contributed by atoms with van der Waals surface area (Å²) in [5.41, 5.74) is 8.03. The third-order valence-electron chi connectivity index (χ3n) is 4.80. The van der Waals surface area contributed by atoms with E-state index in [1.54, 1.807) is 17.0 Å². The standard InChI is InChI=1S/C19H22N6O2/c1-23(2)13-5-6-14-15(12-13)21-19(22-17(14)20)25-9-7-24(8-10-25)18(26)16-4-3-11-27-16/h3-6,11-12H,7-10H2,1-2H3,(H2,20,21,22). The van der Waals surface area contributed by atoms with Gasteiger partial charge in [-0.1, -0.05) is 0 Å². The lowest BCUT2D eigenvalue weighted by atomic mass is 10.2. The van der Waals surface area contributed by atoms with Gasteiger partial charge in [0, 0.05) is 51.3 Å². The Labute approximate surface area is 157 Å². The first-order chi connectivity index (χ1) is 13.0. The van der Waals surface area contributed by atoms with Gasteiger partial charge in [0.2, 0.25) is 5.95 Å². The van der Waals surface area contributed by atoms with Crippen LogP contribution in [0.1, 0.15) is 10.6 Å². The normalized spacial score (nSPS) is 14.6. The zero-order valence-corrected chi connectivity index (χ0v) is 15.4. The third kappa shape index (κ3) is 3.25. The van der Waals surface area contributed by atoms with Crippen molar-refractivity contribution in [2.24, 2.45) is 0 Å². The highest BCUT2D eigenvalue weighted by Gasteiger charge is 2.25. The first-order valence-electron chi connectivity index (χ1n) is 8.85. The fourth-order valence-corrected chi connectivity index (χ4v) is 3.22. The van der Waals surface area contributed by atoms with Crippen LogP contribution >= 0.6 is 0 Å². The summed E-state index contributed by atoms with van der Waals surface area (Å²) in [6.45, 7) is 2.45. The van der Waals surface area contributed by atoms with Gasteiger partial charge >= 0.3 is 0 Å². The molecule has 0 atom stereocenters. The first kappa shape index (κ1) is 17.1. The molecule has 0 spiro atoms. The largest absolute Gasteiger partial charge is 0.459 e. The van der Waals surface area contributed by atoms with E-state index in [0.29, 0.717) is 43.7 Å². The molecule has 1 aliphatic heterocycles. The minimum atomic E-state index is -0.0887. The molecule has 1 aromatic carbocycles. The molecule has 0 radical (unpaired) electrons. The number of fused-ring (bicyclic) bond motifs is 1. The summed E-state index contributed by atoms with van der Waals surface area (Å²) < 4.78 is 5.20. The van der Waals surface area contributed by atoms with Crippen LogP contribution in [-0.4, -0.2) is 61.0 Å². The maximum Gasteiger partial charge on any atom is 0.289 e. The van der Waals surface area contributed by atoms with Gasteiger partial charge in [0.1, 0.15) is 5.82 Å². The summed E-state index contributed by atoms with van der Waals surface area (Å²) in [5, 5.41) is 0.844. The Morgan fingerprint density at radius 2 is 1.93 bits per heavy atom. The van der Waals surface area contributed by atoms with Crippen LogP contribution < -0.4 is 15.5 Å². The molecule has 3 aromatic rings. The van der Waals surface area contributed by atoms with Gasteiger partial charge in [-0.15, -0.1) is 0 Å². The van der Waals surface area contributed by atoms with Gasteiger partial charge < -0.3 is 24.9 Å². The van der Waals surface area contributed by atoms with Crippen molar-refractivity contribution >= 4 is 34.3 Å². The number of carbonyl (C=O) groups is 1. The van der Waals surface area contributed by atoms with Crippen molar-refractivity contribution in [2.45, 2.75) is 0 Å². The fourth-order valence-electron chi connectivity index (χ4n) is 3.22. The number of nitrogen functional groups attached to an aromatic ring is 1. The maximum atomic E-state index is 12.4. The lowest BCUT2D eigenvalue weighted by Crippen LogP contribution is -2.49. The Hall–Kier alpha value is -3.29. The molecule has 140 valence electrons. The van der Waals surface area contributed by atoms with E-state index in [-0.39, 0.29) is 5.91 Å². The minimum Gasteiger partial charge on any atom is -0.459 e. The molecule has 0 aliphatic carbocycles. The number of aromatic nitrogens is 2. The van der Waals surface area contributed by atoms with Crippen molar-refractivity contribution in [3.63, 3.8) is 0 Å². The number of anilines is 3. The molecule has 8 heteroatoms. The van der Waals surface area contributed by atoms with E-state index in [1.165, 1.54) is 6.26 Å². The molecule has 0 bridgehead atoms. The predicted molar refractivity (Wildman–Crippen MR) is 105 cm³/mol. The topological polar surface area (TPSA) is 91.7 Å². The molecule has 2 N–H and O–H groups in total. The van der Waals surface area contributed by atoms with E-state index in [4.69, 9.17) is 15.1 Å². The summed E-state index contributed by atoms with van der Waals surface area (Å²) in [7, 11) is 3.98. The van der Waals surface area contributed by atoms with E-state index >= 15 is 0 Å². The molecule has 27 heavy (non-hydrogen) atoms. The lowest BCUT2D eigenvalue weighted by Gasteiger charge is -2.34. The van der Waals surface area contributed by atoms with Gasteiger partial charge in [0.05, 0.1) is 11.8 Å². The van der Waals surface area contributed by atoms with Crippen molar-refractivity contribution in [3.8, 4) is 0 Å². The summed E-state index contributed by atoms with van der Waals surface area (Å²) in [6, 6.07) is 9.36. The number of furan rings is 1. The molecule has 1 fully saturated rings. The first-order valence-corrected chi connectivity index (χ1v) is 8.85. The van der Waals surface area contributed by atoms with Gasteiger partial charge in [-0.05, 0) is 30.3 Å². The van der Waals surface area contributed by atoms with Crippen molar-refractivity contribution in [1.29, 1.82) is 0 Å². The van der Waals surface area contributed by atoms with E-state index < -0.39 is 0 Å². The number of benzene rings is 1. The molecule has 8 nitrogen and oxygen atoms in total. The highest BCUT2D eigenvalue weighted by molar-refractivity contribution is 5.92. The van der Waals surface area contributed by atoms with Crippen LogP contribution in [0.5, 0.6) is 0 Å². The average Bonchev–Trinajstić information content (AvgIpc) is 3.22. The molecular weight excluding hydrogens is 344 g/mol. The van der Waals surface area contributed by atoms with Crippen LogP contribution in [0.3, 0.4) is 0 Å². The maximum absolute atomic E-state index is 12.4. The molecule has 0 saturated carbocycles. The summed E-state index contributed by atoms with van der Waals surface area (Å²) in [5.74, 6) is 1.34. The molecule has 1 saturated heterocycles. The third-order valence-corrected chi connectivity index (χ3v) is 4.80. The quantitative estimate of drug-likeness (QED) is 0.756. The van der Waals surface area contributed by atoms with Crippen molar-refractivity contribution in [3.05, 3.63) is 42.4 Å². The average molecular weight is 366 g/mol. The molecule has 3 heterocycles. The lowest BCUT2D eigenvalue weighted by molar-refractivity contribution is 0.0714. The number of hydrogen-bond acceptors (Lipinski definition) is 7. The van der Waals surface area contributed by atoms with Crippen LogP contribution in [0.25, 0.3) is 10.9 Å². The number of rotatable bonds is 3. The van der Waals surface area contributed by atoms with Crippen molar-refractivity contribution in [1.82, 2.24) is 14.9 Å². The van der Waals surface area contributed by atoms with Gasteiger partial charge in [0.25, 0.3) is 5.91 Å². The van der Waals surface area contributed by atoms with Gasteiger partial charge in [0.15, 0.2) is 5.76 Å². The number of amides is 1. The Balaban J connectivity index is 1.54. The second kappa shape index (κ2) is 6.79. The van der Waals surface area contributed by atoms with Crippen LogP contribution in [-0.2, 0) is 0 Å². The molecular formula is C19H22N6O2. The van der Waals surface area contributed by atoms with Crippen molar-refractivity contribution in [2.75, 3.05) is 55.8 Å². The Kier molecular flexibility index (Phi) is 4.31. The molecule has 4 rings (SSSR count). The van der Waals surface area contributed by atoms with Gasteiger partial charge in [-0.3, -0.25) is 4.79 Å². The summed E-state index contributed by atoms with van der Waals surface area (Å²) >= 11 is 0. The van der Waals surface area contributed by atoms with Crippen molar-refractivity contribution < 1.29 is 9.21 Å². The van der Waals surface area contributed by atoms with Crippen LogP contribution in [0.4, 0.5) is 17.5 Å². The van der Waals surface area contributed by atoms with Crippen LogP contribution in [0.15, 0.2) is 41.0 Å². The van der Waals surface area contributed by atoms with Gasteiger partial charge in [-0.2, -0.15) is 4.98 Å². The highest BCUT2D eigenvalue weighted by Crippen LogP contribution is 2.26. The van der Waals surface area contributed by atoms with Crippen LogP contribution in [0, 0.1) is 0 Å². The smallest absolute Gasteiger partial charge is 0.289 e. The SMILES string of the molecule is CN(C)c1ccc2c(N)nc(N3CCN(C(=O)c4ccco4)CC3)nc2c1. The Bertz CT molecular complexity index is 962. The second-order valence-electron chi connectivity index (χ2n) is 6.76. The zero-order valence-electron chi connectivity index (χ0n) is 15.4.